The summed E-state index contributed by atoms with van der Waals surface area (Å²) in [6.45, 7) is 27.7. The monoisotopic (exact) mass is 576 g/mol. The average molecular weight is 577 g/mol. The van der Waals surface area contributed by atoms with Crippen LogP contribution >= 0.6 is 10.9 Å². The van der Waals surface area contributed by atoms with Gasteiger partial charge < -0.3 is 4.42 Å². The van der Waals surface area contributed by atoms with E-state index in [0.29, 0.717) is 0 Å². The van der Waals surface area contributed by atoms with Crippen LogP contribution in [-0.4, -0.2) is 0 Å². The minimum atomic E-state index is -0.792. The van der Waals surface area contributed by atoms with E-state index in [-0.39, 0.29) is 21.7 Å². The molecule has 0 fully saturated rings. The molecule has 1 aliphatic rings. The normalized spacial score (nSPS) is 16.7. The molecule has 1 atom stereocenters. The molecule has 0 radical (unpaired) electrons. The summed E-state index contributed by atoms with van der Waals surface area (Å²) in [7, 11) is -0.792. The summed E-state index contributed by atoms with van der Waals surface area (Å²) in [4.78, 5) is 4.37. The van der Waals surface area contributed by atoms with Crippen LogP contribution in [0.15, 0.2) is 85.8 Å². The van der Waals surface area contributed by atoms with E-state index in [9.17, 15) is 0 Å². The highest BCUT2D eigenvalue weighted by atomic mass is 32.2. The maximum Gasteiger partial charge on any atom is 0.139 e. The molecule has 2 heteroatoms. The van der Waals surface area contributed by atoms with Crippen LogP contribution in [0, 0.1) is 0 Å². The number of hydrogen-bond acceptors (Lipinski definition) is 1. The molecule has 1 unspecified atom stereocenters. The van der Waals surface area contributed by atoms with Gasteiger partial charge in [-0.15, -0.1) is 0 Å². The van der Waals surface area contributed by atoms with E-state index in [1.807, 2.05) is 0 Å². The van der Waals surface area contributed by atoms with E-state index in [2.05, 4.69) is 150 Å². The van der Waals surface area contributed by atoms with Gasteiger partial charge in [-0.1, -0.05) is 119 Å². The summed E-state index contributed by atoms with van der Waals surface area (Å²) in [5.41, 5.74) is 10.4. The van der Waals surface area contributed by atoms with Gasteiger partial charge in [0, 0.05) is 31.0 Å². The molecule has 0 N–H and O–H groups in total. The first-order chi connectivity index (χ1) is 19.4. The first kappa shape index (κ1) is 29.1. The number of thiol groups is 1. The highest BCUT2D eigenvalue weighted by Crippen LogP contribution is 2.65. The van der Waals surface area contributed by atoms with Crippen molar-refractivity contribution < 1.29 is 4.42 Å². The van der Waals surface area contributed by atoms with Gasteiger partial charge in [-0.05, 0) is 79.8 Å². The van der Waals surface area contributed by atoms with Gasteiger partial charge in [0.2, 0.25) is 0 Å². The van der Waals surface area contributed by atoms with Gasteiger partial charge in [0.05, 0.1) is 0 Å². The fourth-order valence-electron chi connectivity index (χ4n) is 6.32. The highest BCUT2D eigenvalue weighted by molar-refractivity contribution is 8.17. The summed E-state index contributed by atoms with van der Waals surface area (Å²) in [6, 6.07) is 26.1. The lowest BCUT2D eigenvalue weighted by atomic mass is 9.84. The molecule has 0 saturated heterocycles. The summed E-state index contributed by atoms with van der Waals surface area (Å²) >= 11 is 0. The molecule has 4 aromatic carbocycles. The Morgan fingerprint density at radius 2 is 1.10 bits per heavy atom. The Hall–Kier alpha value is -2.97. The molecular formula is C40H48OS. The second-order valence-electron chi connectivity index (χ2n) is 16.5. The minimum absolute atomic E-state index is 0.00115. The largest absolute Gasteiger partial charge is 0.456 e. The minimum Gasteiger partial charge on any atom is -0.456 e. The smallest absolute Gasteiger partial charge is 0.139 e. The van der Waals surface area contributed by atoms with Crippen LogP contribution in [0.3, 0.4) is 0 Å². The van der Waals surface area contributed by atoms with Crippen LogP contribution in [0.5, 0.6) is 0 Å². The zero-order chi connectivity index (χ0) is 30.6. The molecule has 2 heterocycles. The van der Waals surface area contributed by atoms with Gasteiger partial charge in [0.25, 0.3) is 0 Å². The quantitative estimate of drug-likeness (QED) is 0.192. The van der Waals surface area contributed by atoms with E-state index < -0.39 is 10.9 Å². The molecule has 1 nitrogen and oxygen atoms in total. The standard InChI is InChI=1S/C40H48OS/c1-37(2,3)24-17-19-32-29(20-24)27-18-16-25(38(4,5)6)22-33(27)42(32)34-23-26(39(7,8)9)21-31-35(34)28-14-13-15-30(36(28)41-31)40(10,11)12/h13-23,42H,1-12H3. The summed E-state index contributed by atoms with van der Waals surface area (Å²) < 4.78 is 6.87. The van der Waals surface area contributed by atoms with E-state index in [4.69, 9.17) is 4.42 Å². The van der Waals surface area contributed by atoms with Crippen LogP contribution < -0.4 is 0 Å². The van der Waals surface area contributed by atoms with Gasteiger partial charge in [-0.25, -0.2) is 0 Å². The van der Waals surface area contributed by atoms with Crippen molar-refractivity contribution >= 4 is 32.8 Å². The number of hydrogen-bond donors (Lipinski definition) is 1. The molecule has 0 saturated carbocycles. The lowest BCUT2D eigenvalue weighted by Crippen LogP contribution is -2.11. The first-order valence-corrected chi connectivity index (χ1v) is 16.8. The van der Waals surface area contributed by atoms with Crippen molar-refractivity contribution in [2.75, 3.05) is 0 Å². The molecule has 6 rings (SSSR count). The molecule has 220 valence electrons. The topological polar surface area (TPSA) is 13.1 Å². The summed E-state index contributed by atoms with van der Waals surface area (Å²) in [5, 5.41) is 2.53. The molecular weight excluding hydrogens is 529 g/mol. The van der Waals surface area contributed by atoms with Crippen molar-refractivity contribution in [1.82, 2.24) is 0 Å². The zero-order valence-electron chi connectivity index (χ0n) is 27.7. The average Bonchev–Trinajstić information content (AvgIpc) is 3.40. The maximum atomic E-state index is 6.87. The van der Waals surface area contributed by atoms with Crippen LogP contribution in [0.25, 0.3) is 33.1 Å². The number of fused-ring (bicyclic) bond motifs is 6. The second-order valence-corrected chi connectivity index (χ2v) is 18.6. The SMILES string of the molecule is CC(C)(C)c1ccc2c(c1)-c1ccc(C(C)(C)C)cc1[SH]2c1cc(C(C)(C)C)cc2oc3c(C(C)(C)C)cccc3c12. The van der Waals surface area contributed by atoms with Crippen molar-refractivity contribution in [3.8, 4) is 11.1 Å². The summed E-state index contributed by atoms with van der Waals surface area (Å²) in [6.07, 6.45) is 0. The molecule has 0 amide bonds. The molecule has 1 aliphatic heterocycles. The fourth-order valence-corrected chi connectivity index (χ4v) is 9.17. The Bertz CT molecular complexity index is 1860. The van der Waals surface area contributed by atoms with Gasteiger partial charge in [-0.2, -0.15) is 10.9 Å². The molecule has 1 aromatic heterocycles. The number of para-hydroxylation sites is 1. The van der Waals surface area contributed by atoms with Crippen LogP contribution in [0.1, 0.15) is 105 Å². The van der Waals surface area contributed by atoms with Gasteiger partial charge in [0.15, 0.2) is 0 Å². The number of rotatable bonds is 1. The predicted molar refractivity (Wildman–Crippen MR) is 184 cm³/mol. The van der Waals surface area contributed by atoms with Crippen molar-refractivity contribution in [2.45, 2.75) is 119 Å². The van der Waals surface area contributed by atoms with E-state index >= 15 is 0 Å². The van der Waals surface area contributed by atoms with E-state index in [0.717, 1.165) is 11.2 Å². The third-order valence-corrected chi connectivity index (χ3v) is 11.5. The lowest BCUT2D eigenvalue weighted by Gasteiger charge is -2.27. The van der Waals surface area contributed by atoms with Gasteiger partial charge in [-0.3, -0.25) is 0 Å². The maximum absolute atomic E-state index is 6.87. The molecule has 42 heavy (non-hydrogen) atoms. The number of furan rings is 1. The van der Waals surface area contributed by atoms with Crippen molar-refractivity contribution in [3.05, 3.63) is 89.0 Å². The zero-order valence-corrected chi connectivity index (χ0v) is 28.6. The van der Waals surface area contributed by atoms with E-state index in [1.54, 1.807) is 0 Å². The highest BCUT2D eigenvalue weighted by Gasteiger charge is 2.34. The van der Waals surface area contributed by atoms with Gasteiger partial charge >= 0.3 is 0 Å². The lowest BCUT2D eigenvalue weighted by molar-refractivity contribution is 0.569. The molecule has 0 bridgehead atoms. The van der Waals surface area contributed by atoms with Crippen molar-refractivity contribution in [3.63, 3.8) is 0 Å². The Morgan fingerprint density at radius 3 is 1.71 bits per heavy atom. The van der Waals surface area contributed by atoms with Crippen molar-refractivity contribution in [1.29, 1.82) is 0 Å². The Labute approximate surface area is 256 Å². The summed E-state index contributed by atoms with van der Waals surface area (Å²) in [5.74, 6) is 0. The molecule has 0 spiro atoms. The fraction of sp³-hybridized carbons (Fsp3) is 0.400. The Kier molecular flexibility index (Phi) is 6.42. The Balaban J connectivity index is 1.75. The third kappa shape index (κ3) is 4.71. The third-order valence-electron chi connectivity index (χ3n) is 8.99. The molecule has 5 aromatic rings. The Morgan fingerprint density at radius 1 is 0.500 bits per heavy atom. The number of benzene rings is 4. The van der Waals surface area contributed by atoms with Crippen LogP contribution in [0.2, 0.25) is 0 Å². The second kappa shape index (κ2) is 9.26. The predicted octanol–water partition coefficient (Wildman–Crippen LogP) is 12.2. The molecule has 0 aliphatic carbocycles. The van der Waals surface area contributed by atoms with Crippen LogP contribution in [-0.2, 0) is 21.7 Å². The van der Waals surface area contributed by atoms with Crippen LogP contribution in [0.4, 0.5) is 0 Å². The van der Waals surface area contributed by atoms with E-state index in [1.165, 1.54) is 58.8 Å². The first-order valence-electron chi connectivity index (χ1n) is 15.5. The van der Waals surface area contributed by atoms with Gasteiger partial charge in [0.1, 0.15) is 11.2 Å². The van der Waals surface area contributed by atoms with Crippen molar-refractivity contribution in [2.24, 2.45) is 0 Å².